The Balaban J connectivity index is 1.71. The van der Waals surface area contributed by atoms with Gasteiger partial charge in [0.05, 0.1) is 41.9 Å². The molecule has 0 amide bonds. The first-order valence-corrected chi connectivity index (χ1v) is 12.3. The molecule has 1 aromatic rings. The molecule has 0 radical (unpaired) electrons. The Kier molecular flexibility index (Phi) is 10.0. The van der Waals surface area contributed by atoms with E-state index in [1.165, 1.54) is 0 Å². The van der Waals surface area contributed by atoms with Gasteiger partial charge in [-0.3, -0.25) is 4.79 Å². The quantitative estimate of drug-likeness (QED) is 0.221. The molecule has 2 aliphatic carbocycles. The van der Waals surface area contributed by atoms with Gasteiger partial charge in [0.2, 0.25) is 13.6 Å². The molecule has 2 saturated carbocycles. The molecular weight excluding hydrogens is 553 g/mol. The number of hydrogen-bond donors (Lipinski definition) is 2. The van der Waals surface area contributed by atoms with E-state index < -0.39 is 73.3 Å². The normalized spacial score (nSPS) is 27.1. The average molecular weight is 580 g/mol. The summed E-state index contributed by atoms with van der Waals surface area (Å²) in [5.41, 5.74) is 5.00. The van der Waals surface area contributed by atoms with E-state index in [-0.39, 0.29) is 24.8 Å². The third-order valence-corrected chi connectivity index (χ3v) is 6.85. The number of nitrogens with two attached hydrogens (primary N) is 1. The van der Waals surface area contributed by atoms with Crippen LogP contribution in [0.1, 0.15) is 19.4 Å². The fraction of sp³-hybridized carbons (Fsp3) is 0.565. The van der Waals surface area contributed by atoms with Gasteiger partial charge in [-0.05, 0) is 31.5 Å². The highest BCUT2D eigenvalue weighted by molar-refractivity contribution is 6.42. The maximum absolute atomic E-state index is 13.1. The molecule has 0 bridgehead atoms. The van der Waals surface area contributed by atoms with Gasteiger partial charge in [0.15, 0.2) is 0 Å². The minimum Gasteiger partial charge on any atom is -0.435 e. The zero-order chi connectivity index (χ0) is 28.0. The lowest BCUT2D eigenvalue weighted by atomic mass is 9.87. The lowest BCUT2D eigenvalue weighted by molar-refractivity contribution is -0.173. The highest BCUT2D eigenvalue weighted by Gasteiger charge is 2.79. The molecule has 0 aliphatic heterocycles. The number of aliphatic hydroxyl groups is 1. The molecule has 6 atom stereocenters. The summed E-state index contributed by atoms with van der Waals surface area (Å²) in [6.45, 7) is 1.54. The smallest absolute Gasteiger partial charge is 0.435 e. The molecule has 210 valence electrons. The third kappa shape index (κ3) is 6.41. The summed E-state index contributed by atoms with van der Waals surface area (Å²) in [5.74, 6) is -4.76. The Morgan fingerprint density at radius 2 is 1.53 bits per heavy atom. The van der Waals surface area contributed by atoms with E-state index >= 15 is 0 Å². The van der Waals surface area contributed by atoms with Crippen molar-refractivity contribution in [1.29, 1.82) is 0 Å². The van der Waals surface area contributed by atoms with Crippen LogP contribution in [0.5, 0.6) is 0 Å². The van der Waals surface area contributed by atoms with Crippen molar-refractivity contribution in [2.75, 3.05) is 26.8 Å². The standard InChI is InChI=1S/C23H27Cl2NO12/c1-3-32-21(30)37-9-35-19(28)15-14-16(15)23(26,20(29)36-10-38-22(31)33-4-2)18(17(14)27)34-8-11-5-6-12(24)13(25)7-11/h5-7,14-18,27H,3-4,8-10,26H2,1-2H3/t14-,15?,16-,17-,18+,23+/m0/s1. The number of carbonyl (C=O) groups is 4. The van der Waals surface area contributed by atoms with Crippen molar-refractivity contribution in [3.8, 4) is 0 Å². The zero-order valence-corrected chi connectivity index (χ0v) is 21.9. The van der Waals surface area contributed by atoms with E-state index in [0.717, 1.165) is 0 Å². The Hall–Kier alpha value is -2.84. The highest BCUT2D eigenvalue weighted by Crippen LogP contribution is 2.63. The number of carbonyl (C=O) groups excluding carboxylic acids is 4. The molecule has 3 N–H and O–H groups in total. The highest BCUT2D eigenvalue weighted by atomic mass is 35.5. The summed E-state index contributed by atoms with van der Waals surface area (Å²) in [5, 5.41) is 11.6. The summed E-state index contributed by atoms with van der Waals surface area (Å²) >= 11 is 12.0. The fourth-order valence-electron chi connectivity index (χ4n) is 4.46. The second-order valence-electron chi connectivity index (χ2n) is 8.32. The molecular formula is C23H27Cl2NO12. The van der Waals surface area contributed by atoms with Crippen LogP contribution in [0.25, 0.3) is 0 Å². The Morgan fingerprint density at radius 3 is 2.11 bits per heavy atom. The van der Waals surface area contributed by atoms with Crippen LogP contribution in [0.15, 0.2) is 18.2 Å². The summed E-state index contributed by atoms with van der Waals surface area (Å²) in [4.78, 5) is 48.4. The molecule has 38 heavy (non-hydrogen) atoms. The van der Waals surface area contributed by atoms with Gasteiger partial charge in [0, 0.05) is 11.8 Å². The number of aliphatic hydroxyl groups excluding tert-OH is 1. The number of hydrogen-bond acceptors (Lipinski definition) is 13. The van der Waals surface area contributed by atoms with Gasteiger partial charge in [0.1, 0.15) is 11.6 Å². The van der Waals surface area contributed by atoms with Gasteiger partial charge < -0.3 is 44.0 Å². The minimum atomic E-state index is -2.04. The van der Waals surface area contributed by atoms with Crippen LogP contribution in [0.3, 0.4) is 0 Å². The van der Waals surface area contributed by atoms with E-state index in [1.54, 1.807) is 32.0 Å². The van der Waals surface area contributed by atoms with Crippen LogP contribution < -0.4 is 5.73 Å². The summed E-state index contributed by atoms with van der Waals surface area (Å²) in [7, 11) is 0. The molecule has 1 aromatic carbocycles. The molecule has 0 heterocycles. The maximum Gasteiger partial charge on any atom is 0.511 e. The van der Waals surface area contributed by atoms with Gasteiger partial charge in [-0.15, -0.1) is 0 Å². The van der Waals surface area contributed by atoms with Crippen LogP contribution in [0.2, 0.25) is 10.0 Å². The van der Waals surface area contributed by atoms with E-state index in [0.29, 0.717) is 10.6 Å². The third-order valence-electron chi connectivity index (χ3n) is 6.11. The average Bonchev–Trinajstić information content (AvgIpc) is 3.58. The zero-order valence-electron chi connectivity index (χ0n) is 20.4. The minimum absolute atomic E-state index is 0.0395. The van der Waals surface area contributed by atoms with Crippen molar-refractivity contribution in [3.05, 3.63) is 33.8 Å². The molecule has 0 spiro atoms. The van der Waals surface area contributed by atoms with Gasteiger partial charge in [-0.25, -0.2) is 14.4 Å². The monoisotopic (exact) mass is 579 g/mol. The van der Waals surface area contributed by atoms with Crippen LogP contribution in [0, 0.1) is 17.8 Å². The molecule has 2 aliphatic rings. The van der Waals surface area contributed by atoms with Crippen LogP contribution in [-0.4, -0.2) is 73.9 Å². The number of halogens is 2. The van der Waals surface area contributed by atoms with Crippen molar-refractivity contribution in [3.63, 3.8) is 0 Å². The van der Waals surface area contributed by atoms with Crippen LogP contribution >= 0.6 is 23.2 Å². The maximum atomic E-state index is 13.1. The summed E-state index contributed by atoms with van der Waals surface area (Å²) in [6, 6.07) is 4.72. The van der Waals surface area contributed by atoms with Crippen molar-refractivity contribution in [1.82, 2.24) is 0 Å². The van der Waals surface area contributed by atoms with Crippen LogP contribution in [-0.2, 0) is 49.4 Å². The lowest BCUT2D eigenvalue weighted by Gasteiger charge is -2.34. The van der Waals surface area contributed by atoms with Crippen molar-refractivity contribution in [2.24, 2.45) is 23.5 Å². The van der Waals surface area contributed by atoms with Crippen molar-refractivity contribution in [2.45, 2.75) is 38.2 Å². The first-order valence-electron chi connectivity index (χ1n) is 11.5. The number of benzene rings is 1. The number of rotatable bonds is 11. The van der Waals surface area contributed by atoms with Gasteiger partial charge in [-0.1, -0.05) is 29.3 Å². The Bertz CT molecular complexity index is 1060. The van der Waals surface area contributed by atoms with E-state index in [9.17, 15) is 24.3 Å². The van der Waals surface area contributed by atoms with Crippen LogP contribution in [0.4, 0.5) is 9.59 Å². The first-order chi connectivity index (χ1) is 18.1. The summed E-state index contributed by atoms with van der Waals surface area (Å²) in [6.07, 6.45) is -4.81. The fourth-order valence-corrected chi connectivity index (χ4v) is 4.78. The molecule has 0 aromatic heterocycles. The van der Waals surface area contributed by atoms with E-state index in [1.807, 2.05) is 0 Å². The van der Waals surface area contributed by atoms with E-state index in [2.05, 4.69) is 18.9 Å². The van der Waals surface area contributed by atoms with Gasteiger partial charge in [0.25, 0.3) is 0 Å². The lowest BCUT2D eigenvalue weighted by Crippen LogP contribution is -2.62. The van der Waals surface area contributed by atoms with Crippen molar-refractivity contribution >= 4 is 47.5 Å². The number of fused-ring (bicyclic) bond motifs is 1. The molecule has 0 saturated heterocycles. The van der Waals surface area contributed by atoms with E-state index in [4.69, 9.17) is 43.1 Å². The predicted octanol–water partition coefficient (Wildman–Crippen LogP) is 2.16. The van der Waals surface area contributed by atoms with Gasteiger partial charge in [-0.2, -0.15) is 0 Å². The Labute approximate surface area is 227 Å². The number of esters is 2. The molecule has 1 unspecified atom stereocenters. The first kappa shape index (κ1) is 29.7. The molecule has 2 fully saturated rings. The molecule has 3 rings (SSSR count). The predicted molar refractivity (Wildman–Crippen MR) is 127 cm³/mol. The molecule has 15 heteroatoms. The Morgan fingerprint density at radius 1 is 0.921 bits per heavy atom. The second-order valence-corrected chi connectivity index (χ2v) is 9.13. The SMILES string of the molecule is CCOC(=O)OCOC(=O)C1[C@@H]2[C@H](O)[C@@H](OCc3ccc(Cl)c(Cl)c3)[C@@](N)(C(=O)OCOC(=O)OCC)[C@H]12. The van der Waals surface area contributed by atoms with Crippen molar-refractivity contribution < 1.29 is 57.4 Å². The van der Waals surface area contributed by atoms with Gasteiger partial charge >= 0.3 is 24.2 Å². The molecule has 13 nitrogen and oxygen atoms in total. The second kappa shape index (κ2) is 12.8. The number of ether oxygens (including phenoxy) is 7. The largest absolute Gasteiger partial charge is 0.511 e. The summed E-state index contributed by atoms with van der Waals surface area (Å²) < 4.78 is 34.2. The topological polar surface area (TPSA) is 179 Å².